The molecule has 0 spiro atoms. The van der Waals surface area contributed by atoms with E-state index in [0.29, 0.717) is 10.2 Å². The monoisotopic (exact) mass is 194 g/mol. The van der Waals surface area contributed by atoms with Crippen molar-refractivity contribution in [2.75, 3.05) is 7.11 Å². The van der Waals surface area contributed by atoms with Crippen molar-refractivity contribution < 1.29 is 9.53 Å². The summed E-state index contributed by atoms with van der Waals surface area (Å²) in [6.07, 6.45) is 1.37. The molecule has 0 fully saturated rings. The van der Waals surface area contributed by atoms with Crippen LogP contribution in [0, 0.1) is 15.8 Å². The van der Waals surface area contributed by atoms with E-state index in [4.69, 9.17) is 17.5 Å². The fourth-order valence-corrected chi connectivity index (χ4v) is 1.07. The van der Waals surface area contributed by atoms with Gasteiger partial charge in [-0.2, -0.15) is 5.26 Å². The van der Waals surface area contributed by atoms with Gasteiger partial charge in [-0.25, -0.2) is 4.79 Å². The van der Waals surface area contributed by atoms with Crippen LogP contribution in [0.3, 0.4) is 0 Å². The number of esters is 1. The SMILES string of the molecule is COC(=O)c1c[nH]c(C#N)cc1=S. The summed E-state index contributed by atoms with van der Waals surface area (Å²) in [6.45, 7) is 0. The molecule has 0 unspecified atom stereocenters. The maximum Gasteiger partial charge on any atom is 0.340 e. The number of aromatic nitrogens is 1. The van der Waals surface area contributed by atoms with Crippen molar-refractivity contribution in [3.8, 4) is 6.07 Å². The topological polar surface area (TPSA) is 65.9 Å². The van der Waals surface area contributed by atoms with Crippen molar-refractivity contribution in [2.45, 2.75) is 0 Å². The van der Waals surface area contributed by atoms with E-state index >= 15 is 0 Å². The Morgan fingerprint density at radius 1 is 1.77 bits per heavy atom. The minimum Gasteiger partial charge on any atom is -0.465 e. The summed E-state index contributed by atoms with van der Waals surface area (Å²) in [4.78, 5) is 13.7. The molecule has 1 heterocycles. The number of carbonyl (C=O) groups is 1. The zero-order valence-corrected chi connectivity index (χ0v) is 7.64. The standard InChI is InChI=1S/C8H6N2O2S/c1-12-8(11)6-4-10-5(3-9)2-7(6)13/h2,4H,1H3,(H,10,13). The molecule has 0 aliphatic rings. The number of H-pyrrole nitrogens is 1. The second-order valence-electron chi connectivity index (χ2n) is 2.23. The lowest BCUT2D eigenvalue weighted by Crippen LogP contribution is -2.03. The maximum absolute atomic E-state index is 11.0. The van der Waals surface area contributed by atoms with Crippen molar-refractivity contribution in [3.63, 3.8) is 0 Å². The third-order valence-electron chi connectivity index (χ3n) is 1.44. The maximum atomic E-state index is 11.0. The quantitative estimate of drug-likeness (QED) is 0.542. The van der Waals surface area contributed by atoms with E-state index in [1.807, 2.05) is 6.07 Å². The minimum atomic E-state index is -0.509. The molecule has 0 saturated heterocycles. The minimum absolute atomic E-state index is 0.261. The third kappa shape index (κ3) is 1.92. The van der Waals surface area contributed by atoms with Gasteiger partial charge in [0.15, 0.2) is 0 Å². The van der Waals surface area contributed by atoms with Crippen LogP contribution in [0.15, 0.2) is 12.3 Å². The van der Waals surface area contributed by atoms with Crippen LogP contribution in [0.5, 0.6) is 0 Å². The number of hydrogen-bond acceptors (Lipinski definition) is 4. The molecule has 5 heteroatoms. The van der Waals surface area contributed by atoms with Crippen LogP contribution in [-0.4, -0.2) is 18.1 Å². The first-order valence-corrected chi connectivity index (χ1v) is 3.81. The molecular weight excluding hydrogens is 188 g/mol. The third-order valence-corrected chi connectivity index (χ3v) is 1.78. The predicted molar refractivity (Wildman–Crippen MR) is 47.7 cm³/mol. The average Bonchev–Trinajstić information content (AvgIpc) is 2.16. The Balaban J connectivity index is 3.23. The largest absolute Gasteiger partial charge is 0.465 e. The first-order chi connectivity index (χ1) is 6.19. The van der Waals surface area contributed by atoms with Crippen molar-refractivity contribution >= 4 is 18.2 Å². The summed E-state index contributed by atoms with van der Waals surface area (Å²) in [5, 5.41) is 8.51. The number of nitriles is 1. The summed E-state index contributed by atoms with van der Waals surface area (Å²) >= 11 is 4.88. The van der Waals surface area contributed by atoms with Crippen LogP contribution >= 0.6 is 12.2 Å². The van der Waals surface area contributed by atoms with E-state index in [0.717, 1.165) is 0 Å². The highest BCUT2D eigenvalue weighted by Gasteiger charge is 2.07. The Morgan fingerprint density at radius 3 is 2.92 bits per heavy atom. The van der Waals surface area contributed by atoms with E-state index in [-0.39, 0.29) is 5.56 Å². The Kier molecular flexibility index (Phi) is 2.77. The van der Waals surface area contributed by atoms with E-state index in [1.54, 1.807) is 0 Å². The molecule has 0 radical (unpaired) electrons. The Morgan fingerprint density at radius 2 is 2.46 bits per heavy atom. The Labute approximate surface area is 79.8 Å². The summed E-state index contributed by atoms with van der Waals surface area (Å²) in [5.74, 6) is -0.509. The van der Waals surface area contributed by atoms with E-state index in [1.165, 1.54) is 19.4 Å². The molecule has 0 aromatic carbocycles. The second-order valence-corrected chi connectivity index (χ2v) is 2.67. The fourth-order valence-electron chi connectivity index (χ4n) is 0.806. The molecule has 1 aromatic heterocycles. The first-order valence-electron chi connectivity index (χ1n) is 3.40. The molecule has 66 valence electrons. The van der Waals surface area contributed by atoms with Crippen LogP contribution < -0.4 is 0 Å². The van der Waals surface area contributed by atoms with Gasteiger partial charge in [-0.05, 0) is 6.07 Å². The van der Waals surface area contributed by atoms with Crippen LogP contribution in [0.25, 0.3) is 0 Å². The summed E-state index contributed by atoms with van der Waals surface area (Å²) in [7, 11) is 1.27. The van der Waals surface area contributed by atoms with Gasteiger partial charge in [0.25, 0.3) is 0 Å². The number of methoxy groups -OCH3 is 1. The molecule has 13 heavy (non-hydrogen) atoms. The smallest absolute Gasteiger partial charge is 0.340 e. The fraction of sp³-hybridized carbons (Fsp3) is 0.125. The molecule has 1 N–H and O–H groups in total. The summed E-state index contributed by atoms with van der Waals surface area (Å²) < 4.78 is 4.79. The number of nitrogens with zero attached hydrogens (tertiary/aromatic N) is 1. The normalized spacial score (nSPS) is 8.92. The molecule has 0 atom stereocenters. The zero-order valence-electron chi connectivity index (χ0n) is 6.83. The van der Waals surface area contributed by atoms with Gasteiger partial charge in [0.2, 0.25) is 0 Å². The molecule has 4 nitrogen and oxygen atoms in total. The van der Waals surface area contributed by atoms with Crippen LogP contribution in [0.1, 0.15) is 16.1 Å². The number of pyridine rings is 1. The van der Waals surface area contributed by atoms with Crippen molar-refractivity contribution in [1.82, 2.24) is 4.98 Å². The van der Waals surface area contributed by atoms with Gasteiger partial charge in [0.05, 0.1) is 17.2 Å². The molecule has 0 bridgehead atoms. The number of hydrogen-bond donors (Lipinski definition) is 1. The highest BCUT2D eigenvalue weighted by atomic mass is 32.1. The lowest BCUT2D eigenvalue weighted by Gasteiger charge is -1.98. The van der Waals surface area contributed by atoms with Gasteiger partial charge in [-0.3, -0.25) is 0 Å². The molecule has 0 aliphatic carbocycles. The van der Waals surface area contributed by atoms with Gasteiger partial charge >= 0.3 is 5.97 Å². The van der Waals surface area contributed by atoms with Crippen LogP contribution in [0.2, 0.25) is 0 Å². The van der Waals surface area contributed by atoms with Gasteiger partial charge in [-0.15, -0.1) is 0 Å². The lowest BCUT2D eigenvalue weighted by atomic mass is 10.2. The molecule has 1 aromatic rings. The molecule has 0 saturated carbocycles. The first kappa shape index (κ1) is 9.42. The summed E-state index contributed by atoms with van der Waals surface area (Å²) in [5.41, 5.74) is 0.578. The van der Waals surface area contributed by atoms with E-state index in [2.05, 4.69) is 9.72 Å². The van der Waals surface area contributed by atoms with Crippen LogP contribution in [-0.2, 0) is 4.74 Å². The Hall–Kier alpha value is -1.67. The summed E-state index contributed by atoms with van der Waals surface area (Å²) in [6, 6.07) is 3.30. The van der Waals surface area contributed by atoms with Gasteiger partial charge in [0.1, 0.15) is 11.8 Å². The number of aromatic amines is 1. The highest BCUT2D eigenvalue weighted by molar-refractivity contribution is 7.71. The zero-order chi connectivity index (χ0) is 9.84. The number of ether oxygens (including phenoxy) is 1. The highest BCUT2D eigenvalue weighted by Crippen LogP contribution is 2.04. The number of carbonyl (C=O) groups excluding carboxylic acids is 1. The van der Waals surface area contributed by atoms with Gasteiger partial charge in [0, 0.05) is 6.20 Å². The second kappa shape index (κ2) is 3.83. The number of nitrogens with one attached hydrogen (secondary N) is 1. The average molecular weight is 194 g/mol. The molecule has 0 aliphatic heterocycles. The van der Waals surface area contributed by atoms with Crippen molar-refractivity contribution in [2.24, 2.45) is 0 Å². The van der Waals surface area contributed by atoms with Gasteiger partial charge < -0.3 is 9.72 Å². The molecule has 1 rings (SSSR count). The van der Waals surface area contributed by atoms with E-state index in [9.17, 15) is 4.79 Å². The van der Waals surface area contributed by atoms with E-state index < -0.39 is 5.97 Å². The lowest BCUT2D eigenvalue weighted by molar-refractivity contribution is 0.0599. The Bertz CT molecular complexity index is 431. The van der Waals surface area contributed by atoms with Crippen LogP contribution in [0.4, 0.5) is 0 Å². The van der Waals surface area contributed by atoms with Gasteiger partial charge in [-0.1, -0.05) is 12.2 Å². The van der Waals surface area contributed by atoms with Crippen molar-refractivity contribution in [3.05, 3.63) is 28.0 Å². The van der Waals surface area contributed by atoms with Crippen molar-refractivity contribution in [1.29, 1.82) is 5.26 Å². The molecular formula is C8H6N2O2S. The molecule has 0 amide bonds. The predicted octanol–water partition coefficient (Wildman–Crippen LogP) is 1.40. The number of rotatable bonds is 1.